The lowest BCUT2D eigenvalue weighted by Crippen LogP contribution is -2.15. The number of ketones is 1. The lowest BCUT2D eigenvalue weighted by Gasteiger charge is -2.11. The number of esters is 1. The zero-order valence-corrected chi connectivity index (χ0v) is 13.9. The van der Waals surface area contributed by atoms with Crippen LogP contribution in [0.4, 0.5) is 0 Å². The van der Waals surface area contributed by atoms with Crippen LogP contribution in [0.1, 0.15) is 36.6 Å². The number of aromatic carboxylic acids is 1. The number of benzene rings is 2. The molecule has 0 saturated carbocycles. The average molecular weight is 344 g/mol. The molecule has 0 aliphatic carbocycles. The van der Waals surface area contributed by atoms with Crippen molar-refractivity contribution >= 4 is 17.7 Å². The number of ether oxygens (including phenoxy) is 3. The third-order valence-corrected chi connectivity index (χ3v) is 3.58. The Kier molecular flexibility index (Phi) is 5.38. The first-order valence-electron chi connectivity index (χ1n) is 7.15. The molecule has 1 N–H and O–H groups in total. The zero-order chi connectivity index (χ0) is 18.6. The van der Waals surface area contributed by atoms with Gasteiger partial charge in [-0.15, -0.1) is 0 Å². The summed E-state index contributed by atoms with van der Waals surface area (Å²) in [6.07, 6.45) is 0. The minimum absolute atomic E-state index is 0.0142. The van der Waals surface area contributed by atoms with Crippen LogP contribution in [0.25, 0.3) is 0 Å². The Labute approximate surface area is 143 Å². The molecular formula is C18H16O7. The SMILES string of the molecule is COC(=O)c1cc(OC)ccc1C(=O)c1ccc(OC)cc1C(=O)O. The lowest BCUT2D eigenvalue weighted by molar-refractivity contribution is 0.0596. The first kappa shape index (κ1) is 18.0. The Hall–Kier alpha value is -3.35. The van der Waals surface area contributed by atoms with E-state index in [1.165, 1.54) is 57.7 Å². The molecule has 0 bridgehead atoms. The number of carbonyl (C=O) groups excluding carboxylic acids is 2. The van der Waals surface area contributed by atoms with Gasteiger partial charge in [0.1, 0.15) is 11.5 Å². The number of carboxylic acid groups (broad SMARTS) is 1. The first-order chi connectivity index (χ1) is 11.9. The fourth-order valence-corrected chi connectivity index (χ4v) is 2.30. The van der Waals surface area contributed by atoms with E-state index in [9.17, 15) is 19.5 Å². The topological polar surface area (TPSA) is 99.1 Å². The highest BCUT2D eigenvalue weighted by atomic mass is 16.5. The molecule has 0 saturated heterocycles. The van der Waals surface area contributed by atoms with Crippen LogP contribution >= 0.6 is 0 Å². The predicted molar refractivity (Wildman–Crippen MR) is 87.7 cm³/mol. The van der Waals surface area contributed by atoms with Crippen molar-refractivity contribution in [2.24, 2.45) is 0 Å². The fourth-order valence-electron chi connectivity index (χ4n) is 2.30. The highest BCUT2D eigenvalue weighted by Gasteiger charge is 2.24. The minimum atomic E-state index is -1.28. The average Bonchev–Trinajstić information content (AvgIpc) is 2.65. The van der Waals surface area contributed by atoms with E-state index < -0.39 is 17.7 Å². The van der Waals surface area contributed by atoms with Crippen molar-refractivity contribution in [2.75, 3.05) is 21.3 Å². The van der Waals surface area contributed by atoms with E-state index in [2.05, 4.69) is 0 Å². The Bertz CT molecular complexity index is 839. The van der Waals surface area contributed by atoms with Crippen LogP contribution in [0.5, 0.6) is 11.5 Å². The van der Waals surface area contributed by atoms with Crippen LogP contribution in [0.15, 0.2) is 36.4 Å². The normalized spacial score (nSPS) is 10.0. The molecule has 0 fully saturated rings. The monoisotopic (exact) mass is 344 g/mol. The molecule has 2 aromatic rings. The van der Waals surface area contributed by atoms with Gasteiger partial charge in [0.2, 0.25) is 0 Å². The van der Waals surface area contributed by atoms with Gasteiger partial charge >= 0.3 is 11.9 Å². The molecule has 2 aromatic carbocycles. The second-order valence-electron chi connectivity index (χ2n) is 4.95. The van der Waals surface area contributed by atoms with Crippen LogP contribution in [-0.4, -0.2) is 44.2 Å². The van der Waals surface area contributed by atoms with Crippen LogP contribution < -0.4 is 9.47 Å². The largest absolute Gasteiger partial charge is 0.497 e. The molecule has 7 nitrogen and oxygen atoms in total. The molecule has 7 heteroatoms. The van der Waals surface area contributed by atoms with Gasteiger partial charge in [-0.25, -0.2) is 9.59 Å². The summed E-state index contributed by atoms with van der Waals surface area (Å²) in [6.45, 7) is 0. The van der Waals surface area contributed by atoms with Crippen molar-refractivity contribution < 1.29 is 33.7 Å². The maximum atomic E-state index is 12.9. The number of methoxy groups -OCH3 is 3. The van der Waals surface area contributed by atoms with E-state index in [0.29, 0.717) is 11.5 Å². The van der Waals surface area contributed by atoms with Gasteiger partial charge in [-0.1, -0.05) is 0 Å². The maximum Gasteiger partial charge on any atom is 0.338 e. The molecule has 25 heavy (non-hydrogen) atoms. The van der Waals surface area contributed by atoms with Gasteiger partial charge in [0.15, 0.2) is 5.78 Å². The van der Waals surface area contributed by atoms with Gasteiger partial charge in [-0.3, -0.25) is 4.79 Å². The summed E-state index contributed by atoms with van der Waals surface area (Å²) in [4.78, 5) is 36.3. The van der Waals surface area contributed by atoms with Crippen LogP contribution in [-0.2, 0) is 4.74 Å². The van der Waals surface area contributed by atoms with Crippen molar-refractivity contribution in [1.29, 1.82) is 0 Å². The van der Waals surface area contributed by atoms with E-state index in [4.69, 9.17) is 14.2 Å². The molecule has 0 spiro atoms. The molecule has 0 aliphatic heterocycles. The van der Waals surface area contributed by atoms with Gasteiger partial charge in [0.25, 0.3) is 0 Å². The first-order valence-corrected chi connectivity index (χ1v) is 7.15. The second kappa shape index (κ2) is 7.48. The maximum absolute atomic E-state index is 12.9. The van der Waals surface area contributed by atoms with E-state index >= 15 is 0 Å². The van der Waals surface area contributed by atoms with Gasteiger partial charge in [0.05, 0.1) is 32.5 Å². The summed E-state index contributed by atoms with van der Waals surface area (Å²) >= 11 is 0. The zero-order valence-electron chi connectivity index (χ0n) is 13.9. The lowest BCUT2D eigenvalue weighted by atomic mass is 9.94. The number of hydrogen-bond acceptors (Lipinski definition) is 6. The third kappa shape index (κ3) is 3.60. The summed E-state index contributed by atoms with van der Waals surface area (Å²) in [5.74, 6) is -1.96. The van der Waals surface area contributed by atoms with E-state index in [-0.39, 0.29) is 22.3 Å². The highest BCUT2D eigenvalue weighted by molar-refractivity contribution is 6.18. The predicted octanol–water partition coefficient (Wildman–Crippen LogP) is 2.42. The summed E-state index contributed by atoms with van der Waals surface area (Å²) in [5, 5.41) is 9.37. The van der Waals surface area contributed by atoms with Gasteiger partial charge in [-0.05, 0) is 36.4 Å². The van der Waals surface area contributed by atoms with Crippen LogP contribution in [0.3, 0.4) is 0 Å². The molecule has 2 rings (SSSR count). The van der Waals surface area contributed by atoms with Crippen molar-refractivity contribution in [3.8, 4) is 11.5 Å². The van der Waals surface area contributed by atoms with Crippen molar-refractivity contribution in [3.63, 3.8) is 0 Å². The van der Waals surface area contributed by atoms with Gasteiger partial charge < -0.3 is 19.3 Å². The molecule has 0 unspecified atom stereocenters. The summed E-state index contributed by atoms with van der Waals surface area (Å²) in [6, 6.07) is 8.32. The molecule has 0 aromatic heterocycles. The highest BCUT2D eigenvalue weighted by Crippen LogP contribution is 2.25. The van der Waals surface area contributed by atoms with Crippen molar-refractivity contribution in [2.45, 2.75) is 0 Å². The van der Waals surface area contributed by atoms with Crippen LogP contribution in [0, 0.1) is 0 Å². The number of carbonyl (C=O) groups is 3. The molecule has 0 atom stereocenters. The molecular weight excluding hydrogens is 328 g/mol. The van der Waals surface area contributed by atoms with E-state index in [0.717, 1.165) is 0 Å². The quantitative estimate of drug-likeness (QED) is 0.634. The Balaban J connectivity index is 2.62. The van der Waals surface area contributed by atoms with Gasteiger partial charge in [-0.2, -0.15) is 0 Å². The summed E-state index contributed by atoms with van der Waals surface area (Å²) in [5.41, 5.74) is -0.293. The molecule has 0 aliphatic rings. The van der Waals surface area contributed by atoms with E-state index in [1.807, 2.05) is 0 Å². The Morgan fingerprint density at radius 2 is 1.24 bits per heavy atom. The minimum Gasteiger partial charge on any atom is -0.497 e. The molecule has 0 radical (unpaired) electrons. The molecule has 0 amide bonds. The number of hydrogen-bond donors (Lipinski definition) is 1. The summed E-state index contributed by atoms with van der Waals surface area (Å²) in [7, 11) is 4.00. The van der Waals surface area contributed by atoms with E-state index in [1.54, 1.807) is 0 Å². The Morgan fingerprint density at radius 3 is 1.68 bits per heavy atom. The number of rotatable bonds is 6. The standard InChI is InChI=1S/C18H16O7/c1-23-10-4-6-12(14(8-10)17(20)21)16(19)13-7-5-11(24-2)9-15(13)18(22)25-3/h4-9H,1-3H3,(H,20,21). The van der Waals surface area contributed by atoms with Gasteiger partial charge in [0, 0.05) is 11.1 Å². The molecule has 130 valence electrons. The Morgan fingerprint density at radius 1 is 0.760 bits per heavy atom. The number of carboxylic acids is 1. The smallest absolute Gasteiger partial charge is 0.338 e. The van der Waals surface area contributed by atoms with Crippen LogP contribution in [0.2, 0.25) is 0 Å². The fraction of sp³-hybridized carbons (Fsp3) is 0.167. The van der Waals surface area contributed by atoms with Crippen molar-refractivity contribution in [1.82, 2.24) is 0 Å². The second-order valence-corrected chi connectivity index (χ2v) is 4.95. The molecule has 0 heterocycles. The summed E-state index contributed by atoms with van der Waals surface area (Å²) < 4.78 is 14.7. The third-order valence-electron chi connectivity index (χ3n) is 3.58. The van der Waals surface area contributed by atoms with Crippen molar-refractivity contribution in [3.05, 3.63) is 58.7 Å².